The van der Waals surface area contributed by atoms with Crippen LogP contribution in [-0.2, 0) is 6.54 Å². The zero-order chi connectivity index (χ0) is 13.1. The topological polar surface area (TPSA) is 35.2 Å². The molecule has 0 aromatic heterocycles. The average Bonchev–Trinajstić information content (AvgIpc) is 2.37. The maximum atomic E-state index is 13.7. The Kier molecular flexibility index (Phi) is 4.07. The van der Waals surface area contributed by atoms with Crippen molar-refractivity contribution in [1.82, 2.24) is 0 Å². The molecule has 2 nitrogen and oxygen atoms in total. The molecule has 18 heavy (non-hydrogen) atoms. The Labute approximate surface area is 114 Å². The van der Waals surface area contributed by atoms with Crippen LogP contribution in [0.25, 0.3) is 0 Å². The van der Waals surface area contributed by atoms with Gasteiger partial charge >= 0.3 is 0 Å². The van der Waals surface area contributed by atoms with Crippen molar-refractivity contribution in [3.05, 3.63) is 57.8 Å². The zero-order valence-electron chi connectivity index (χ0n) is 9.29. The van der Waals surface area contributed by atoms with E-state index in [-0.39, 0.29) is 17.3 Å². The van der Waals surface area contributed by atoms with E-state index in [0.717, 1.165) is 0 Å². The van der Waals surface area contributed by atoms with E-state index in [9.17, 15) is 4.39 Å². The van der Waals surface area contributed by atoms with Crippen molar-refractivity contribution in [1.29, 1.82) is 0 Å². The molecule has 0 radical (unpaired) electrons. The lowest BCUT2D eigenvalue weighted by molar-refractivity contribution is 0.438. The summed E-state index contributed by atoms with van der Waals surface area (Å²) in [5, 5.41) is 0.560. The highest BCUT2D eigenvalue weighted by molar-refractivity contribution is 6.31. The van der Waals surface area contributed by atoms with Gasteiger partial charge in [-0.2, -0.15) is 0 Å². The van der Waals surface area contributed by atoms with E-state index < -0.39 is 5.82 Å². The second-order valence-corrected chi connectivity index (χ2v) is 4.45. The van der Waals surface area contributed by atoms with Crippen molar-refractivity contribution in [3.8, 4) is 11.5 Å². The number of halogens is 3. The summed E-state index contributed by atoms with van der Waals surface area (Å²) in [6, 6.07) is 9.53. The molecule has 0 amide bonds. The molecule has 0 aliphatic rings. The Morgan fingerprint density at radius 2 is 1.89 bits per heavy atom. The van der Waals surface area contributed by atoms with Gasteiger partial charge in [0.15, 0.2) is 11.6 Å². The fourth-order valence-corrected chi connectivity index (χ4v) is 1.85. The Morgan fingerprint density at radius 3 is 2.61 bits per heavy atom. The van der Waals surface area contributed by atoms with Crippen LogP contribution in [0.3, 0.4) is 0 Å². The van der Waals surface area contributed by atoms with E-state index in [0.29, 0.717) is 16.3 Å². The highest BCUT2D eigenvalue weighted by atomic mass is 35.5. The quantitative estimate of drug-likeness (QED) is 0.908. The monoisotopic (exact) mass is 285 g/mol. The van der Waals surface area contributed by atoms with Crippen molar-refractivity contribution >= 4 is 23.2 Å². The Bertz CT molecular complexity index is 575. The number of benzene rings is 2. The van der Waals surface area contributed by atoms with E-state index >= 15 is 0 Å². The van der Waals surface area contributed by atoms with Gasteiger partial charge in [-0.15, -0.1) is 0 Å². The molecular weight excluding hydrogens is 276 g/mol. The molecule has 0 aliphatic heterocycles. The summed E-state index contributed by atoms with van der Waals surface area (Å²) < 4.78 is 19.2. The molecule has 94 valence electrons. The van der Waals surface area contributed by atoms with Crippen molar-refractivity contribution in [3.63, 3.8) is 0 Å². The first-order valence-corrected chi connectivity index (χ1v) is 5.97. The maximum absolute atomic E-state index is 13.7. The van der Waals surface area contributed by atoms with Crippen molar-refractivity contribution in [2.45, 2.75) is 6.54 Å². The molecule has 2 rings (SSSR count). The molecule has 0 heterocycles. The minimum absolute atomic E-state index is 0.00996. The SMILES string of the molecule is NCc1cc(Cl)ccc1Oc1cccc(Cl)c1F. The second-order valence-electron chi connectivity index (χ2n) is 3.61. The molecule has 0 spiro atoms. The maximum Gasteiger partial charge on any atom is 0.184 e. The molecule has 5 heteroatoms. The predicted molar refractivity (Wildman–Crippen MR) is 70.8 cm³/mol. The molecule has 0 fully saturated rings. The van der Waals surface area contributed by atoms with E-state index in [2.05, 4.69) is 0 Å². The lowest BCUT2D eigenvalue weighted by Gasteiger charge is -2.11. The van der Waals surface area contributed by atoms with Gasteiger partial charge < -0.3 is 10.5 Å². The Balaban J connectivity index is 2.37. The third kappa shape index (κ3) is 2.75. The Hall–Kier alpha value is -1.29. The van der Waals surface area contributed by atoms with Crippen molar-refractivity contribution in [2.24, 2.45) is 5.73 Å². The van der Waals surface area contributed by atoms with Gasteiger partial charge in [-0.1, -0.05) is 29.3 Å². The van der Waals surface area contributed by atoms with Gasteiger partial charge in [0.1, 0.15) is 5.75 Å². The number of nitrogens with two attached hydrogens (primary N) is 1. The molecule has 0 saturated carbocycles. The predicted octanol–water partition coefficient (Wildman–Crippen LogP) is 4.38. The summed E-state index contributed by atoms with van der Waals surface area (Å²) in [6.45, 7) is 0.248. The van der Waals surface area contributed by atoms with Crippen LogP contribution in [0.1, 0.15) is 5.56 Å². The lowest BCUT2D eigenvalue weighted by atomic mass is 10.2. The van der Waals surface area contributed by atoms with Gasteiger partial charge in [-0.05, 0) is 30.3 Å². The van der Waals surface area contributed by atoms with Crippen LogP contribution >= 0.6 is 23.2 Å². The molecule has 0 bridgehead atoms. The summed E-state index contributed by atoms with van der Waals surface area (Å²) in [5.41, 5.74) is 6.28. The van der Waals surface area contributed by atoms with E-state index in [1.807, 2.05) is 0 Å². The largest absolute Gasteiger partial charge is 0.454 e. The van der Waals surface area contributed by atoms with Crippen LogP contribution in [-0.4, -0.2) is 0 Å². The Morgan fingerprint density at radius 1 is 1.11 bits per heavy atom. The van der Waals surface area contributed by atoms with Crippen LogP contribution in [0.2, 0.25) is 10.0 Å². The molecule has 2 N–H and O–H groups in total. The molecule has 0 saturated heterocycles. The molecule has 2 aromatic carbocycles. The third-order valence-electron chi connectivity index (χ3n) is 2.38. The number of rotatable bonds is 3. The van der Waals surface area contributed by atoms with Crippen LogP contribution < -0.4 is 10.5 Å². The summed E-state index contributed by atoms with van der Waals surface area (Å²) in [4.78, 5) is 0. The minimum atomic E-state index is -0.600. The van der Waals surface area contributed by atoms with Gasteiger partial charge in [0.05, 0.1) is 5.02 Å². The van der Waals surface area contributed by atoms with Crippen LogP contribution in [0.5, 0.6) is 11.5 Å². The molecule has 2 aromatic rings. The standard InChI is InChI=1S/C13H10Cl2FNO/c14-9-4-5-11(8(6-9)7-17)18-12-3-1-2-10(15)13(12)16/h1-6H,7,17H2. The summed E-state index contributed by atoms with van der Waals surface area (Å²) in [7, 11) is 0. The number of ether oxygens (including phenoxy) is 1. The highest BCUT2D eigenvalue weighted by Crippen LogP contribution is 2.31. The van der Waals surface area contributed by atoms with Gasteiger partial charge in [0.2, 0.25) is 0 Å². The van der Waals surface area contributed by atoms with Crippen molar-refractivity contribution < 1.29 is 9.13 Å². The first-order valence-electron chi connectivity index (χ1n) is 5.22. The zero-order valence-corrected chi connectivity index (χ0v) is 10.8. The van der Waals surface area contributed by atoms with Gasteiger partial charge in [0, 0.05) is 17.1 Å². The van der Waals surface area contributed by atoms with Crippen LogP contribution in [0.15, 0.2) is 36.4 Å². The second kappa shape index (κ2) is 5.57. The summed E-state index contributed by atoms with van der Waals surface area (Å²) >= 11 is 11.5. The third-order valence-corrected chi connectivity index (χ3v) is 2.91. The first-order chi connectivity index (χ1) is 8.61. The van der Waals surface area contributed by atoms with E-state index in [1.165, 1.54) is 12.1 Å². The van der Waals surface area contributed by atoms with Crippen molar-refractivity contribution in [2.75, 3.05) is 0 Å². The molecule has 0 unspecified atom stereocenters. The molecule has 0 aliphatic carbocycles. The van der Waals surface area contributed by atoms with Crippen LogP contribution in [0.4, 0.5) is 4.39 Å². The fraction of sp³-hybridized carbons (Fsp3) is 0.0769. The summed E-state index contributed by atoms with van der Waals surface area (Å²) in [6.07, 6.45) is 0. The molecule has 0 atom stereocenters. The van der Waals surface area contributed by atoms with Gasteiger partial charge in [0.25, 0.3) is 0 Å². The van der Waals surface area contributed by atoms with E-state index in [4.69, 9.17) is 33.7 Å². The van der Waals surface area contributed by atoms with Gasteiger partial charge in [-0.25, -0.2) is 4.39 Å². The van der Waals surface area contributed by atoms with Gasteiger partial charge in [-0.3, -0.25) is 0 Å². The first kappa shape index (κ1) is 13.1. The number of hydrogen-bond donors (Lipinski definition) is 1. The minimum Gasteiger partial charge on any atom is -0.454 e. The van der Waals surface area contributed by atoms with Crippen LogP contribution in [0, 0.1) is 5.82 Å². The number of hydrogen-bond acceptors (Lipinski definition) is 2. The smallest absolute Gasteiger partial charge is 0.184 e. The van der Waals surface area contributed by atoms with E-state index in [1.54, 1.807) is 24.3 Å². The highest BCUT2D eigenvalue weighted by Gasteiger charge is 2.10. The normalized spacial score (nSPS) is 10.4. The summed E-state index contributed by atoms with van der Waals surface area (Å²) in [5.74, 6) is -0.0836. The lowest BCUT2D eigenvalue weighted by Crippen LogP contribution is -2.00. The average molecular weight is 286 g/mol. The fourth-order valence-electron chi connectivity index (χ4n) is 1.49. The molecular formula is C13H10Cl2FNO.